The Morgan fingerprint density at radius 3 is 1.06 bits per heavy atom. The molecule has 0 aromatic heterocycles. The zero-order valence-electron chi connectivity index (χ0n) is 54.8. The quantitative estimate of drug-likeness (QED) is 0.0534. The molecule has 1 heterocycles. The van der Waals surface area contributed by atoms with Gasteiger partial charge in [0, 0.05) is 65.9 Å². The molecule has 0 bridgehead atoms. The molecule has 1 rings (SSSR count). The van der Waals surface area contributed by atoms with Gasteiger partial charge in [0.1, 0.15) is 24.4 Å². The lowest BCUT2D eigenvalue weighted by molar-refractivity contribution is -0.326. The number of thioether (sulfide) groups is 4. The highest BCUT2D eigenvalue weighted by molar-refractivity contribution is 7.99. The van der Waals surface area contributed by atoms with E-state index in [-0.39, 0.29) is 29.8 Å². The van der Waals surface area contributed by atoms with Gasteiger partial charge in [0.15, 0.2) is 6.29 Å². The largest absolute Gasteiger partial charge is 0.379 e. The molecule has 0 radical (unpaired) electrons. The second kappa shape index (κ2) is 62.0. The van der Waals surface area contributed by atoms with Gasteiger partial charge in [-0.15, -0.1) is 0 Å². The predicted octanol–water partition coefficient (Wildman–Crippen LogP) is 12.8. The van der Waals surface area contributed by atoms with Crippen LogP contribution in [-0.2, 0) is 66.3 Å². The Labute approximate surface area is 521 Å². The number of ether oxygens (including phenoxy) is 14. The van der Waals surface area contributed by atoms with Gasteiger partial charge in [-0.05, 0) is 127 Å². The van der Waals surface area contributed by atoms with Gasteiger partial charge in [-0.1, -0.05) is 83.1 Å². The smallest absolute Gasteiger partial charge is 0.186 e. The van der Waals surface area contributed by atoms with Crippen LogP contribution in [0, 0.1) is 10.8 Å². The molecule has 15 nitrogen and oxygen atoms in total. The van der Waals surface area contributed by atoms with Crippen LogP contribution in [0.4, 0.5) is 0 Å². The van der Waals surface area contributed by atoms with Crippen molar-refractivity contribution in [1.82, 2.24) is 4.90 Å². The van der Waals surface area contributed by atoms with E-state index in [2.05, 4.69) is 88.0 Å². The van der Waals surface area contributed by atoms with Crippen molar-refractivity contribution < 1.29 is 66.3 Å². The zero-order chi connectivity index (χ0) is 60.3. The van der Waals surface area contributed by atoms with Crippen LogP contribution in [0.25, 0.3) is 0 Å². The SMILES string of the molecule is CCCOCCOCCOCCN(CCOCCOCCOCCC)CCOCCOCCC(C)(C)C.CCCSCCCOCC1O[C@@H](OCC(C)(C)C)C(OCCCSCCC)[C@@H](OCCCSCCC)[C@@H]1OCCCSCCC. The molecule has 1 fully saturated rings. The standard InChI is InChI=1S/C35H70O6S4.C28H59NO8/c1-8-20-42-24-12-16-36-28-30-31(37-17-13-25-43-21-9-2)32(38-18-14-26-44-22-10-3)33(39-19-15-27-45-23-11-4)34(41-30)40-29-35(5,6)7;1-6-12-30-18-24-36-26-22-34-16-10-29(9-15-33-21-20-32-14-8-28(3,4)5)11-17-35-23-27-37-25-19-31-13-7-2/h30-34H,8-29H2,1-7H3;6-27H2,1-5H3/t30?,31-,32+,33?,34-;/m1./s1. The number of hydrogen-bond donors (Lipinski definition) is 0. The molecule has 1 aliphatic heterocycles. The summed E-state index contributed by atoms with van der Waals surface area (Å²) in [6, 6.07) is 0. The lowest BCUT2D eigenvalue weighted by Crippen LogP contribution is -2.62. The molecule has 0 spiro atoms. The molecule has 0 N–H and O–H groups in total. The Balaban J connectivity index is 0.00000163. The van der Waals surface area contributed by atoms with Crippen molar-refractivity contribution in [2.75, 3.05) is 211 Å². The van der Waals surface area contributed by atoms with Crippen molar-refractivity contribution >= 4 is 47.0 Å². The molecule has 82 heavy (non-hydrogen) atoms. The van der Waals surface area contributed by atoms with Crippen LogP contribution in [0.1, 0.15) is 154 Å². The minimum atomic E-state index is -0.527. The highest BCUT2D eigenvalue weighted by Crippen LogP contribution is 2.32. The van der Waals surface area contributed by atoms with Gasteiger partial charge in [0.25, 0.3) is 0 Å². The maximum atomic E-state index is 6.75. The lowest BCUT2D eigenvalue weighted by Gasteiger charge is -2.46. The van der Waals surface area contributed by atoms with E-state index in [0.29, 0.717) is 124 Å². The summed E-state index contributed by atoms with van der Waals surface area (Å²) < 4.78 is 84.4. The Hall–Kier alpha value is 0.800. The molecule has 0 aromatic rings. The molecule has 0 amide bonds. The molecule has 0 aromatic carbocycles. The van der Waals surface area contributed by atoms with Crippen molar-refractivity contribution in [3.8, 4) is 0 Å². The maximum Gasteiger partial charge on any atom is 0.186 e. The third-order valence-electron chi connectivity index (χ3n) is 12.0. The molecule has 494 valence electrons. The van der Waals surface area contributed by atoms with Crippen LogP contribution >= 0.6 is 47.0 Å². The molecular weight excluding hydrogens is 1120 g/mol. The van der Waals surface area contributed by atoms with E-state index in [9.17, 15) is 0 Å². The molecule has 0 aliphatic carbocycles. The second-order valence-electron chi connectivity index (χ2n) is 22.9. The van der Waals surface area contributed by atoms with Crippen molar-refractivity contribution in [1.29, 1.82) is 0 Å². The van der Waals surface area contributed by atoms with Crippen LogP contribution in [-0.4, -0.2) is 247 Å². The Morgan fingerprint density at radius 1 is 0.329 bits per heavy atom. The average Bonchev–Trinajstić information content (AvgIpc) is 3.64. The van der Waals surface area contributed by atoms with Crippen molar-refractivity contribution in [3.63, 3.8) is 0 Å². The molecular formula is C63H129NO14S4. The van der Waals surface area contributed by atoms with E-state index >= 15 is 0 Å². The van der Waals surface area contributed by atoms with E-state index in [1.54, 1.807) is 0 Å². The van der Waals surface area contributed by atoms with Crippen LogP contribution in [0.5, 0.6) is 0 Å². The Bertz CT molecular complexity index is 1240. The fourth-order valence-electron chi connectivity index (χ4n) is 7.62. The fraction of sp³-hybridized carbons (Fsp3) is 1.00. The average molecular weight is 1250 g/mol. The summed E-state index contributed by atoms with van der Waals surface area (Å²) in [7, 11) is 0. The van der Waals surface area contributed by atoms with E-state index in [1.807, 2.05) is 47.0 Å². The zero-order valence-corrected chi connectivity index (χ0v) is 58.1. The summed E-state index contributed by atoms with van der Waals surface area (Å²) >= 11 is 8.00. The second-order valence-corrected chi connectivity index (χ2v) is 27.8. The van der Waals surface area contributed by atoms with E-state index in [0.717, 1.165) is 114 Å². The number of hydrogen-bond acceptors (Lipinski definition) is 19. The summed E-state index contributed by atoms with van der Waals surface area (Å²) in [5.74, 6) is 9.21. The third-order valence-corrected chi connectivity index (χ3v) is 17.1. The minimum Gasteiger partial charge on any atom is -0.379 e. The Kier molecular flexibility index (Phi) is 62.6. The minimum absolute atomic E-state index is 0.00319. The van der Waals surface area contributed by atoms with Gasteiger partial charge in [-0.3, -0.25) is 4.90 Å². The molecule has 1 saturated heterocycles. The van der Waals surface area contributed by atoms with Gasteiger partial charge in [-0.2, -0.15) is 47.0 Å². The first kappa shape index (κ1) is 82.8. The fourth-order valence-corrected chi connectivity index (χ4v) is 10.9. The third kappa shape index (κ3) is 56.1. The van der Waals surface area contributed by atoms with Crippen LogP contribution in [0.2, 0.25) is 0 Å². The maximum absolute atomic E-state index is 6.75. The summed E-state index contributed by atoms with van der Waals surface area (Å²) in [4.78, 5) is 2.30. The van der Waals surface area contributed by atoms with E-state index < -0.39 is 6.29 Å². The van der Waals surface area contributed by atoms with Crippen molar-refractivity contribution in [2.24, 2.45) is 10.8 Å². The van der Waals surface area contributed by atoms with Crippen molar-refractivity contribution in [2.45, 2.75) is 184 Å². The molecule has 0 saturated carbocycles. The highest BCUT2D eigenvalue weighted by Gasteiger charge is 2.49. The molecule has 19 heteroatoms. The number of rotatable bonds is 61. The summed E-state index contributed by atoms with van der Waals surface area (Å²) in [5.41, 5.74) is 0.305. The lowest BCUT2D eigenvalue weighted by atomic mass is 9.93. The van der Waals surface area contributed by atoms with Gasteiger partial charge in [-0.25, -0.2) is 0 Å². The predicted molar refractivity (Wildman–Crippen MR) is 351 cm³/mol. The van der Waals surface area contributed by atoms with Gasteiger partial charge in [0.05, 0.1) is 99.1 Å². The van der Waals surface area contributed by atoms with Gasteiger partial charge in [0.2, 0.25) is 0 Å². The molecule has 5 atom stereocenters. The summed E-state index contributed by atoms with van der Waals surface area (Å²) in [6.45, 7) is 43.0. The van der Waals surface area contributed by atoms with Crippen LogP contribution in [0.3, 0.4) is 0 Å². The number of nitrogens with zero attached hydrogens (tertiary/aromatic N) is 1. The van der Waals surface area contributed by atoms with E-state index in [4.69, 9.17) is 66.3 Å². The van der Waals surface area contributed by atoms with Gasteiger partial charge < -0.3 is 66.3 Å². The first-order chi connectivity index (χ1) is 39.9. The highest BCUT2D eigenvalue weighted by atomic mass is 32.2. The topological polar surface area (TPSA) is 132 Å². The summed E-state index contributed by atoms with van der Waals surface area (Å²) in [6.07, 6.45) is 10.3. The molecule has 1 aliphatic rings. The van der Waals surface area contributed by atoms with Gasteiger partial charge >= 0.3 is 0 Å². The van der Waals surface area contributed by atoms with Crippen LogP contribution < -0.4 is 0 Å². The van der Waals surface area contributed by atoms with Crippen LogP contribution in [0.15, 0.2) is 0 Å². The molecule has 2 unspecified atom stereocenters. The first-order valence-corrected chi connectivity index (χ1v) is 36.8. The Morgan fingerprint density at radius 2 is 0.683 bits per heavy atom. The normalized spacial score (nSPS) is 17.7. The monoisotopic (exact) mass is 1250 g/mol. The first-order valence-electron chi connectivity index (χ1n) is 32.2. The van der Waals surface area contributed by atoms with Crippen molar-refractivity contribution in [3.05, 3.63) is 0 Å². The summed E-state index contributed by atoms with van der Waals surface area (Å²) in [5, 5.41) is 0. The van der Waals surface area contributed by atoms with E-state index in [1.165, 1.54) is 48.7 Å².